The Morgan fingerprint density at radius 1 is 1.47 bits per heavy atom. The summed E-state index contributed by atoms with van der Waals surface area (Å²) in [6.45, 7) is 0.592. The molecule has 0 aliphatic carbocycles. The molecule has 0 unspecified atom stereocenters. The van der Waals surface area contributed by atoms with Crippen LogP contribution >= 0.6 is 0 Å². The van der Waals surface area contributed by atoms with Crippen molar-refractivity contribution in [3.63, 3.8) is 0 Å². The molecule has 0 atom stereocenters. The second-order valence-electron chi connectivity index (χ2n) is 3.86. The van der Waals surface area contributed by atoms with E-state index in [2.05, 4.69) is 0 Å². The van der Waals surface area contributed by atoms with E-state index in [1.807, 2.05) is 0 Å². The lowest BCUT2D eigenvalue weighted by Gasteiger charge is -2.17. The molecule has 106 valence electrons. The number of hydrogen-bond acceptors (Lipinski definition) is 4. The van der Waals surface area contributed by atoms with Crippen LogP contribution in [-0.4, -0.2) is 44.5 Å². The molecule has 1 rings (SSSR count). The fourth-order valence-electron chi connectivity index (χ4n) is 1.52. The van der Waals surface area contributed by atoms with Crippen molar-refractivity contribution < 1.29 is 27.4 Å². The number of sulfonamides is 1. The van der Waals surface area contributed by atoms with Crippen LogP contribution in [0, 0.1) is 12.7 Å². The van der Waals surface area contributed by atoms with E-state index in [1.165, 1.54) is 26.2 Å². The Hall–Kier alpha value is -1.67. The van der Waals surface area contributed by atoms with Gasteiger partial charge in [0, 0.05) is 12.6 Å². The lowest BCUT2D eigenvalue weighted by molar-refractivity contribution is -0.137. The molecule has 0 saturated heterocycles. The molecular formula is C11H14FNO5S. The van der Waals surface area contributed by atoms with Gasteiger partial charge in [0.15, 0.2) is 11.6 Å². The van der Waals surface area contributed by atoms with Crippen LogP contribution in [0.3, 0.4) is 0 Å². The number of likely N-dealkylation sites (N-methyl/N-ethyl adjacent to an activating group) is 1. The zero-order valence-electron chi connectivity index (χ0n) is 10.7. The maximum absolute atomic E-state index is 13.8. The van der Waals surface area contributed by atoms with Crippen molar-refractivity contribution in [1.29, 1.82) is 0 Å². The number of carbonyl (C=O) groups is 1. The molecule has 0 radical (unpaired) electrons. The predicted octanol–water partition coefficient (Wildman–Crippen LogP) is 0.848. The van der Waals surface area contributed by atoms with Crippen molar-refractivity contribution in [1.82, 2.24) is 4.31 Å². The number of ether oxygens (including phenoxy) is 1. The van der Waals surface area contributed by atoms with Gasteiger partial charge in [-0.25, -0.2) is 12.8 Å². The number of carboxylic acid groups (broad SMARTS) is 1. The summed E-state index contributed by atoms with van der Waals surface area (Å²) >= 11 is 0. The van der Waals surface area contributed by atoms with Crippen LogP contribution in [0.15, 0.2) is 17.0 Å². The van der Waals surface area contributed by atoms with E-state index in [0.29, 0.717) is 4.31 Å². The van der Waals surface area contributed by atoms with E-state index in [4.69, 9.17) is 9.84 Å². The lowest BCUT2D eigenvalue weighted by Crippen LogP contribution is -2.32. The molecule has 0 fully saturated rings. The highest BCUT2D eigenvalue weighted by atomic mass is 32.2. The minimum Gasteiger partial charge on any atom is -0.494 e. The summed E-state index contributed by atoms with van der Waals surface area (Å²) in [4.78, 5) is 10.3. The van der Waals surface area contributed by atoms with Crippen LogP contribution in [-0.2, 0) is 14.8 Å². The van der Waals surface area contributed by atoms with Gasteiger partial charge in [-0.05, 0) is 19.1 Å². The Morgan fingerprint density at radius 3 is 2.53 bits per heavy atom. The van der Waals surface area contributed by atoms with Crippen molar-refractivity contribution in [2.75, 3.05) is 20.7 Å². The van der Waals surface area contributed by atoms with E-state index in [-0.39, 0.29) is 16.2 Å². The summed E-state index contributed by atoms with van der Waals surface area (Å²) in [7, 11) is -1.67. The average Bonchev–Trinajstić information content (AvgIpc) is 2.31. The number of halogens is 1. The highest BCUT2D eigenvalue weighted by Crippen LogP contribution is 2.27. The first kappa shape index (κ1) is 15.4. The fraction of sp³-hybridized carbons (Fsp3) is 0.364. The van der Waals surface area contributed by atoms with Gasteiger partial charge in [0.2, 0.25) is 10.0 Å². The Morgan fingerprint density at radius 2 is 2.05 bits per heavy atom. The summed E-state index contributed by atoms with van der Waals surface area (Å²) in [6.07, 6.45) is 0. The number of aliphatic carboxylic acids is 1. The number of benzene rings is 1. The molecule has 0 aliphatic heterocycles. The molecule has 1 N–H and O–H groups in total. The normalized spacial score (nSPS) is 11.6. The Bertz CT molecular complexity index is 599. The first-order valence-electron chi connectivity index (χ1n) is 5.23. The molecule has 0 heterocycles. The first-order chi connectivity index (χ1) is 8.71. The van der Waals surface area contributed by atoms with E-state index < -0.39 is 28.4 Å². The van der Waals surface area contributed by atoms with Gasteiger partial charge in [-0.1, -0.05) is 0 Å². The van der Waals surface area contributed by atoms with Crippen LogP contribution in [0.4, 0.5) is 4.39 Å². The molecule has 0 aliphatic rings. The van der Waals surface area contributed by atoms with Gasteiger partial charge in [-0.15, -0.1) is 0 Å². The molecule has 0 aromatic heterocycles. The molecule has 19 heavy (non-hydrogen) atoms. The topological polar surface area (TPSA) is 83.9 Å². The van der Waals surface area contributed by atoms with Crippen molar-refractivity contribution in [2.45, 2.75) is 11.8 Å². The highest BCUT2D eigenvalue weighted by Gasteiger charge is 2.26. The van der Waals surface area contributed by atoms with Crippen LogP contribution < -0.4 is 4.74 Å². The summed E-state index contributed by atoms with van der Waals surface area (Å²) < 4.78 is 43.4. The van der Waals surface area contributed by atoms with Gasteiger partial charge in [-0.2, -0.15) is 4.31 Å². The quantitative estimate of drug-likeness (QED) is 0.869. The van der Waals surface area contributed by atoms with Gasteiger partial charge in [0.25, 0.3) is 0 Å². The molecule has 8 heteroatoms. The zero-order chi connectivity index (χ0) is 14.8. The summed E-state index contributed by atoms with van der Waals surface area (Å²) in [5.41, 5.74) is -0.114. The largest absolute Gasteiger partial charge is 0.494 e. The van der Waals surface area contributed by atoms with Crippen molar-refractivity contribution >= 4 is 16.0 Å². The first-order valence-corrected chi connectivity index (χ1v) is 6.67. The molecule has 0 amide bonds. The minimum atomic E-state index is -4.06. The minimum absolute atomic E-state index is 0.0719. The van der Waals surface area contributed by atoms with E-state index in [1.54, 1.807) is 0 Å². The highest BCUT2D eigenvalue weighted by molar-refractivity contribution is 7.89. The SMILES string of the molecule is COc1ccc(S(=O)(=O)N(C)CC(=O)O)c(C)c1F. The maximum atomic E-state index is 13.8. The molecule has 1 aromatic carbocycles. The number of nitrogens with zero attached hydrogens (tertiary/aromatic N) is 1. The van der Waals surface area contributed by atoms with Crippen LogP contribution in [0.25, 0.3) is 0 Å². The van der Waals surface area contributed by atoms with E-state index in [0.717, 1.165) is 7.05 Å². The smallest absolute Gasteiger partial charge is 0.318 e. The summed E-state index contributed by atoms with van der Waals surface area (Å²) in [5, 5.41) is 8.60. The number of carboxylic acids is 1. The number of hydrogen-bond donors (Lipinski definition) is 1. The molecule has 0 saturated carbocycles. The monoisotopic (exact) mass is 291 g/mol. The molecule has 0 spiro atoms. The van der Waals surface area contributed by atoms with Crippen molar-refractivity contribution in [2.24, 2.45) is 0 Å². The third kappa shape index (κ3) is 3.02. The third-order valence-corrected chi connectivity index (χ3v) is 4.52. The van der Waals surface area contributed by atoms with Crippen LogP contribution in [0.2, 0.25) is 0 Å². The lowest BCUT2D eigenvalue weighted by atomic mass is 10.2. The van der Waals surface area contributed by atoms with Gasteiger partial charge >= 0.3 is 5.97 Å². The summed E-state index contributed by atoms with van der Waals surface area (Å²) in [5.74, 6) is -2.15. The molecular weight excluding hydrogens is 277 g/mol. The standard InChI is InChI=1S/C11H14FNO5S/c1-7-9(5-4-8(18-3)11(7)12)19(16,17)13(2)6-10(14)15/h4-5H,6H2,1-3H3,(H,14,15). The maximum Gasteiger partial charge on any atom is 0.318 e. The molecule has 0 bridgehead atoms. The van der Waals surface area contributed by atoms with Crippen molar-refractivity contribution in [3.05, 3.63) is 23.5 Å². The predicted molar refractivity (Wildman–Crippen MR) is 65.1 cm³/mol. The van der Waals surface area contributed by atoms with E-state index in [9.17, 15) is 17.6 Å². The van der Waals surface area contributed by atoms with Crippen molar-refractivity contribution in [3.8, 4) is 5.75 Å². The Kier molecular flexibility index (Phi) is 4.48. The van der Waals surface area contributed by atoms with Gasteiger partial charge in [0.1, 0.15) is 6.54 Å². The van der Waals surface area contributed by atoms with Gasteiger partial charge in [-0.3, -0.25) is 4.79 Å². The zero-order valence-corrected chi connectivity index (χ0v) is 11.5. The Labute approximate surface area is 110 Å². The van der Waals surface area contributed by atoms with Gasteiger partial charge < -0.3 is 9.84 Å². The average molecular weight is 291 g/mol. The number of methoxy groups -OCH3 is 1. The summed E-state index contributed by atoms with van der Waals surface area (Å²) in [6, 6.07) is 2.37. The fourth-order valence-corrected chi connectivity index (χ4v) is 2.86. The van der Waals surface area contributed by atoms with E-state index >= 15 is 0 Å². The molecule has 1 aromatic rings. The van der Waals surface area contributed by atoms with Crippen LogP contribution in [0.5, 0.6) is 5.75 Å². The van der Waals surface area contributed by atoms with Gasteiger partial charge in [0.05, 0.1) is 12.0 Å². The molecule has 6 nitrogen and oxygen atoms in total. The Balaban J connectivity index is 3.30. The number of rotatable bonds is 5. The third-order valence-electron chi connectivity index (χ3n) is 2.57. The second-order valence-corrected chi connectivity index (χ2v) is 5.87. The second kappa shape index (κ2) is 5.54. The van der Waals surface area contributed by atoms with Crippen LogP contribution in [0.1, 0.15) is 5.56 Å².